The van der Waals surface area contributed by atoms with E-state index in [1.165, 1.54) is 16.8 Å². The van der Waals surface area contributed by atoms with Crippen LogP contribution in [0, 0.1) is 5.92 Å². The molecule has 0 aliphatic heterocycles. The summed E-state index contributed by atoms with van der Waals surface area (Å²) >= 11 is 0. The average Bonchev–Trinajstić information content (AvgIpc) is 2.89. The molecule has 7 atom stereocenters. The summed E-state index contributed by atoms with van der Waals surface area (Å²) in [4.78, 5) is 25.4. The SMILES string of the molecule is CCC(C)[P+](=O)OC(C)(CC)CC1C[C@H](n2ccc(=O)[nH]c2=O)[C@H](O)[C@@H]1O. The molecule has 0 amide bonds. The fourth-order valence-electron chi connectivity index (χ4n) is 3.52. The van der Waals surface area contributed by atoms with Crippen molar-refractivity contribution >= 4 is 8.03 Å². The topological polar surface area (TPSA) is 122 Å². The number of aliphatic hydroxyl groups excluding tert-OH is 2. The van der Waals surface area contributed by atoms with Gasteiger partial charge in [0.05, 0.1) is 12.1 Å². The zero-order chi connectivity index (χ0) is 20.4. The quantitative estimate of drug-likeness (QED) is 0.572. The van der Waals surface area contributed by atoms with E-state index >= 15 is 0 Å². The van der Waals surface area contributed by atoms with E-state index in [9.17, 15) is 24.4 Å². The molecule has 1 fully saturated rings. The molecule has 27 heavy (non-hydrogen) atoms. The third-order valence-corrected chi connectivity index (χ3v) is 7.39. The Kier molecular flexibility index (Phi) is 7.14. The highest BCUT2D eigenvalue weighted by atomic mass is 31.1. The number of aromatic amines is 1. The number of aromatic nitrogens is 2. The Labute approximate surface area is 159 Å². The van der Waals surface area contributed by atoms with Gasteiger partial charge in [-0.15, -0.1) is 4.52 Å². The van der Waals surface area contributed by atoms with Crippen molar-refractivity contribution in [3.05, 3.63) is 33.1 Å². The summed E-state index contributed by atoms with van der Waals surface area (Å²) in [5.41, 5.74) is -1.89. The third kappa shape index (κ3) is 4.93. The largest absolute Gasteiger partial charge is 0.511 e. The minimum absolute atomic E-state index is 0.0579. The lowest BCUT2D eigenvalue weighted by molar-refractivity contribution is -0.0156. The molecule has 152 valence electrons. The molecule has 1 aliphatic rings. The van der Waals surface area contributed by atoms with Crippen LogP contribution in [-0.2, 0) is 9.09 Å². The molecule has 9 heteroatoms. The lowest BCUT2D eigenvalue weighted by atomic mass is 9.87. The van der Waals surface area contributed by atoms with E-state index in [4.69, 9.17) is 4.52 Å². The van der Waals surface area contributed by atoms with Crippen LogP contribution in [0.15, 0.2) is 21.9 Å². The zero-order valence-corrected chi connectivity index (χ0v) is 17.2. The first-order valence-electron chi connectivity index (χ1n) is 9.45. The van der Waals surface area contributed by atoms with Gasteiger partial charge >= 0.3 is 13.7 Å². The van der Waals surface area contributed by atoms with Crippen molar-refractivity contribution < 1.29 is 19.3 Å². The molecule has 0 bridgehead atoms. The van der Waals surface area contributed by atoms with Crippen LogP contribution in [-0.4, -0.2) is 43.2 Å². The minimum atomic E-state index is -1.83. The second-order valence-corrected chi connectivity index (χ2v) is 9.34. The van der Waals surface area contributed by atoms with Crippen molar-refractivity contribution in [3.8, 4) is 0 Å². The maximum atomic E-state index is 12.4. The van der Waals surface area contributed by atoms with Crippen molar-refractivity contribution in [2.45, 2.75) is 82.9 Å². The molecule has 1 saturated carbocycles. The Balaban J connectivity index is 2.17. The summed E-state index contributed by atoms with van der Waals surface area (Å²) in [6, 6.07) is 0.572. The molecule has 1 aromatic rings. The normalized spacial score (nSPS) is 29.3. The number of rotatable bonds is 8. The van der Waals surface area contributed by atoms with E-state index < -0.39 is 43.1 Å². The second kappa shape index (κ2) is 8.78. The molecule has 2 rings (SSSR count). The molecule has 4 unspecified atom stereocenters. The monoisotopic (exact) mass is 401 g/mol. The van der Waals surface area contributed by atoms with Crippen LogP contribution in [0.4, 0.5) is 0 Å². The number of nitrogens with zero attached hydrogens (tertiary/aromatic N) is 1. The molecule has 0 saturated heterocycles. The lowest BCUT2D eigenvalue weighted by Crippen LogP contribution is -2.37. The molecule has 0 aromatic carbocycles. The van der Waals surface area contributed by atoms with Crippen molar-refractivity contribution in [1.29, 1.82) is 0 Å². The van der Waals surface area contributed by atoms with Gasteiger partial charge in [0, 0.05) is 12.3 Å². The second-order valence-electron chi connectivity index (χ2n) is 7.70. The van der Waals surface area contributed by atoms with Crippen LogP contribution in [0.25, 0.3) is 0 Å². The molecule has 0 radical (unpaired) electrons. The first-order valence-corrected chi connectivity index (χ1v) is 10.7. The summed E-state index contributed by atoms with van der Waals surface area (Å²) < 4.78 is 19.5. The van der Waals surface area contributed by atoms with E-state index in [0.717, 1.165) is 6.42 Å². The van der Waals surface area contributed by atoms with Gasteiger partial charge in [0.2, 0.25) is 0 Å². The minimum Gasteiger partial charge on any atom is -0.390 e. The van der Waals surface area contributed by atoms with Gasteiger partial charge in [-0.05, 0) is 50.0 Å². The molecular weight excluding hydrogens is 371 g/mol. The zero-order valence-electron chi connectivity index (χ0n) is 16.3. The molecule has 1 heterocycles. The molecule has 1 aliphatic carbocycles. The highest BCUT2D eigenvalue weighted by Gasteiger charge is 2.47. The van der Waals surface area contributed by atoms with E-state index in [0.29, 0.717) is 19.3 Å². The average molecular weight is 401 g/mol. The van der Waals surface area contributed by atoms with Crippen LogP contribution in [0.1, 0.15) is 59.4 Å². The number of H-pyrrole nitrogens is 1. The summed E-state index contributed by atoms with van der Waals surface area (Å²) in [6.07, 6.45) is 1.28. The number of hydrogen-bond donors (Lipinski definition) is 3. The summed E-state index contributed by atoms with van der Waals surface area (Å²) in [6.45, 7) is 7.62. The number of aliphatic hydroxyl groups is 2. The first-order chi connectivity index (χ1) is 12.6. The number of nitrogens with one attached hydrogen (secondary N) is 1. The molecule has 0 spiro atoms. The van der Waals surface area contributed by atoms with Gasteiger partial charge in [-0.1, -0.05) is 13.8 Å². The Morgan fingerprint density at radius 3 is 2.59 bits per heavy atom. The highest BCUT2D eigenvalue weighted by Crippen LogP contribution is 2.45. The summed E-state index contributed by atoms with van der Waals surface area (Å²) in [5, 5.41) is 21.0. The molecule has 3 N–H and O–H groups in total. The highest BCUT2D eigenvalue weighted by molar-refractivity contribution is 7.40. The molecule has 1 aromatic heterocycles. The van der Waals surface area contributed by atoms with Crippen LogP contribution in [0.3, 0.4) is 0 Å². The van der Waals surface area contributed by atoms with Gasteiger partial charge in [-0.25, -0.2) is 4.79 Å². The van der Waals surface area contributed by atoms with Crippen LogP contribution in [0.2, 0.25) is 0 Å². The lowest BCUT2D eigenvalue weighted by Gasteiger charge is -2.27. The molecular formula is C18H30N2O6P+. The van der Waals surface area contributed by atoms with Crippen LogP contribution >= 0.6 is 8.03 Å². The Bertz CT molecular complexity index is 778. The number of hydrogen-bond acceptors (Lipinski definition) is 6. The van der Waals surface area contributed by atoms with Gasteiger partial charge in [0.1, 0.15) is 11.7 Å². The van der Waals surface area contributed by atoms with Crippen molar-refractivity contribution in [2.75, 3.05) is 0 Å². The fraction of sp³-hybridized carbons (Fsp3) is 0.778. The summed E-state index contributed by atoms with van der Waals surface area (Å²) in [5.74, 6) is -0.325. The van der Waals surface area contributed by atoms with E-state index in [2.05, 4.69) is 4.98 Å². The first kappa shape index (κ1) is 22.0. The van der Waals surface area contributed by atoms with Gasteiger partial charge in [-0.2, -0.15) is 0 Å². The van der Waals surface area contributed by atoms with Gasteiger partial charge in [0.15, 0.2) is 5.66 Å². The van der Waals surface area contributed by atoms with Gasteiger partial charge in [-0.3, -0.25) is 14.3 Å². The third-order valence-electron chi connectivity index (χ3n) is 5.68. The summed E-state index contributed by atoms with van der Waals surface area (Å²) in [7, 11) is -1.83. The Morgan fingerprint density at radius 2 is 2.04 bits per heavy atom. The van der Waals surface area contributed by atoms with Crippen LogP contribution in [0.5, 0.6) is 0 Å². The maximum absolute atomic E-state index is 12.4. The fourth-order valence-corrected chi connectivity index (χ4v) is 4.64. The van der Waals surface area contributed by atoms with E-state index in [1.807, 2.05) is 27.7 Å². The van der Waals surface area contributed by atoms with Crippen molar-refractivity contribution in [2.24, 2.45) is 5.92 Å². The maximum Gasteiger partial charge on any atom is 0.511 e. The van der Waals surface area contributed by atoms with Crippen LogP contribution < -0.4 is 11.2 Å². The standard InChI is InChI=1S/C18H29N2O6P/c1-5-11(3)27(25)26-18(4,6-2)10-12-9-13(16(23)15(12)22)20-8-7-14(21)19-17(20)24/h7-8,11-13,15-16,22-23H,5-6,9-10H2,1-4H3/p+1/t11?,12?,13-,15+,16-,18?/m0/s1. The predicted octanol–water partition coefficient (Wildman–Crippen LogP) is 1.94. The molecule has 8 nitrogen and oxygen atoms in total. The van der Waals surface area contributed by atoms with Gasteiger partial charge < -0.3 is 10.2 Å². The van der Waals surface area contributed by atoms with Gasteiger partial charge in [0.25, 0.3) is 5.56 Å². The van der Waals surface area contributed by atoms with E-state index in [-0.39, 0.29) is 11.6 Å². The van der Waals surface area contributed by atoms with Crippen molar-refractivity contribution in [3.63, 3.8) is 0 Å². The smallest absolute Gasteiger partial charge is 0.390 e. The predicted molar refractivity (Wildman–Crippen MR) is 102 cm³/mol. The van der Waals surface area contributed by atoms with E-state index in [1.54, 1.807) is 0 Å². The Morgan fingerprint density at radius 1 is 1.37 bits per heavy atom. The Hall–Kier alpha value is -1.34. The van der Waals surface area contributed by atoms with Crippen molar-refractivity contribution in [1.82, 2.24) is 9.55 Å².